The third kappa shape index (κ3) is 5.46. The third-order valence-corrected chi connectivity index (χ3v) is 4.02. The number of hydrogen-bond donors (Lipinski definition) is 2. The predicted octanol–water partition coefficient (Wildman–Crippen LogP) is 3.38. The predicted molar refractivity (Wildman–Crippen MR) is 100 cm³/mol. The molecule has 5 nitrogen and oxygen atoms in total. The monoisotopic (exact) mass is 362 g/mol. The lowest BCUT2D eigenvalue weighted by Gasteiger charge is -2.12. The average Bonchev–Trinajstić information content (AvgIpc) is 3.15. The van der Waals surface area contributed by atoms with Crippen LogP contribution in [0.2, 0.25) is 0 Å². The highest BCUT2D eigenvalue weighted by Gasteiger charge is 2.15. The van der Waals surface area contributed by atoms with Gasteiger partial charge < -0.3 is 20.5 Å². The Kier molecular flexibility index (Phi) is 7.25. The molecular weight excluding hydrogens is 340 g/mol. The lowest BCUT2D eigenvalue weighted by atomic mass is 10.1. The Balaban J connectivity index is 0.00000225. The van der Waals surface area contributed by atoms with Crippen LogP contribution in [-0.2, 0) is 11.3 Å². The van der Waals surface area contributed by atoms with E-state index in [-0.39, 0.29) is 24.4 Å². The minimum Gasteiger partial charge on any atom is -0.491 e. The van der Waals surface area contributed by atoms with Crippen LogP contribution >= 0.6 is 12.4 Å². The van der Waals surface area contributed by atoms with Crippen molar-refractivity contribution in [2.45, 2.75) is 25.5 Å². The Morgan fingerprint density at radius 3 is 2.48 bits per heavy atom. The summed E-state index contributed by atoms with van der Waals surface area (Å²) in [5, 5.41) is 2.87. The van der Waals surface area contributed by atoms with Crippen LogP contribution in [0.5, 0.6) is 5.75 Å². The summed E-state index contributed by atoms with van der Waals surface area (Å²) in [5.41, 5.74) is 7.89. The number of anilines is 1. The second-order valence-electron chi connectivity index (χ2n) is 5.83. The van der Waals surface area contributed by atoms with Crippen molar-refractivity contribution in [3.63, 3.8) is 0 Å². The number of ether oxygens (including phenoxy) is 2. The number of benzene rings is 2. The van der Waals surface area contributed by atoms with Crippen molar-refractivity contribution in [1.29, 1.82) is 0 Å². The molecule has 0 spiro atoms. The number of carbonyl (C=O) groups excluding carboxylic acids is 1. The molecular formula is C19H23ClN2O3. The van der Waals surface area contributed by atoms with Crippen LogP contribution in [0.15, 0.2) is 48.5 Å². The summed E-state index contributed by atoms with van der Waals surface area (Å²) >= 11 is 0. The van der Waals surface area contributed by atoms with Gasteiger partial charge >= 0.3 is 0 Å². The Morgan fingerprint density at radius 2 is 1.88 bits per heavy atom. The Hall–Kier alpha value is -2.08. The highest BCUT2D eigenvalue weighted by atomic mass is 35.5. The minimum atomic E-state index is -0.147. The van der Waals surface area contributed by atoms with Crippen molar-refractivity contribution in [2.24, 2.45) is 5.73 Å². The zero-order valence-corrected chi connectivity index (χ0v) is 14.8. The van der Waals surface area contributed by atoms with E-state index >= 15 is 0 Å². The van der Waals surface area contributed by atoms with Gasteiger partial charge in [-0.15, -0.1) is 12.4 Å². The highest BCUT2D eigenvalue weighted by Crippen LogP contribution is 2.19. The SMILES string of the molecule is Cl.NCc1ccc(C(=O)Nc2ccc(OCC3CCCO3)cc2)cc1. The fourth-order valence-electron chi connectivity index (χ4n) is 2.59. The van der Waals surface area contributed by atoms with Gasteiger partial charge in [-0.1, -0.05) is 12.1 Å². The molecule has 3 N–H and O–H groups in total. The van der Waals surface area contributed by atoms with Gasteiger partial charge in [0.05, 0.1) is 6.10 Å². The summed E-state index contributed by atoms with van der Waals surface area (Å²) < 4.78 is 11.2. The van der Waals surface area contributed by atoms with Gasteiger partial charge in [0, 0.05) is 24.4 Å². The molecule has 0 aliphatic carbocycles. The first-order chi connectivity index (χ1) is 11.7. The summed E-state index contributed by atoms with van der Waals surface area (Å²) in [7, 11) is 0. The largest absolute Gasteiger partial charge is 0.491 e. The van der Waals surface area contributed by atoms with Gasteiger partial charge in [0.2, 0.25) is 0 Å². The van der Waals surface area contributed by atoms with Gasteiger partial charge in [0.15, 0.2) is 0 Å². The van der Waals surface area contributed by atoms with E-state index in [2.05, 4.69) is 5.32 Å². The van der Waals surface area contributed by atoms with Gasteiger partial charge in [0.1, 0.15) is 12.4 Å². The molecule has 1 unspecified atom stereocenters. The fraction of sp³-hybridized carbons (Fsp3) is 0.316. The molecule has 6 heteroatoms. The lowest BCUT2D eigenvalue weighted by Crippen LogP contribution is -2.16. The number of hydrogen-bond acceptors (Lipinski definition) is 4. The summed E-state index contributed by atoms with van der Waals surface area (Å²) in [6.07, 6.45) is 2.35. The second kappa shape index (κ2) is 9.42. The number of rotatable bonds is 6. The molecule has 134 valence electrons. The third-order valence-electron chi connectivity index (χ3n) is 4.02. The number of amides is 1. The summed E-state index contributed by atoms with van der Waals surface area (Å²) in [5.74, 6) is 0.627. The number of nitrogens with two attached hydrogens (primary N) is 1. The molecule has 1 heterocycles. The van der Waals surface area contributed by atoms with E-state index in [0.717, 1.165) is 36.4 Å². The van der Waals surface area contributed by atoms with Crippen LogP contribution in [0.4, 0.5) is 5.69 Å². The van der Waals surface area contributed by atoms with Crippen molar-refractivity contribution in [2.75, 3.05) is 18.5 Å². The van der Waals surface area contributed by atoms with E-state index in [0.29, 0.717) is 18.7 Å². The maximum absolute atomic E-state index is 12.2. The molecule has 2 aromatic carbocycles. The summed E-state index contributed by atoms with van der Waals surface area (Å²) in [6, 6.07) is 14.6. The summed E-state index contributed by atoms with van der Waals surface area (Å²) in [6.45, 7) is 1.86. The topological polar surface area (TPSA) is 73.6 Å². The van der Waals surface area contributed by atoms with Crippen LogP contribution in [0, 0.1) is 0 Å². The first kappa shape index (κ1) is 19.2. The standard InChI is InChI=1S/C19H22N2O3.ClH/c20-12-14-3-5-15(6-4-14)19(22)21-16-7-9-17(10-8-16)24-13-18-2-1-11-23-18;/h3-10,18H,1-2,11-13,20H2,(H,21,22);1H. The van der Waals surface area contributed by atoms with E-state index in [1.165, 1.54) is 0 Å². The normalized spacial score (nSPS) is 16.1. The zero-order chi connectivity index (χ0) is 16.8. The van der Waals surface area contributed by atoms with Gasteiger partial charge in [0.25, 0.3) is 5.91 Å². The molecule has 1 saturated heterocycles. The van der Waals surface area contributed by atoms with Crippen LogP contribution in [0.1, 0.15) is 28.8 Å². The highest BCUT2D eigenvalue weighted by molar-refractivity contribution is 6.04. The molecule has 0 radical (unpaired) electrons. The smallest absolute Gasteiger partial charge is 0.255 e. The molecule has 25 heavy (non-hydrogen) atoms. The Labute approximate surface area is 153 Å². The van der Waals surface area contributed by atoms with Crippen molar-refractivity contribution in [1.82, 2.24) is 0 Å². The van der Waals surface area contributed by atoms with Gasteiger partial charge in [-0.05, 0) is 54.8 Å². The lowest BCUT2D eigenvalue weighted by molar-refractivity contribution is 0.0679. The number of nitrogens with one attached hydrogen (secondary N) is 1. The molecule has 2 aromatic rings. The number of carbonyl (C=O) groups is 1. The molecule has 0 aromatic heterocycles. The van der Waals surface area contributed by atoms with Crippen molar-refractivity contribution < 1.29 is 14.3 Å². The summed E-state index contributed by atoms with van der Waals surface area (Å²) in [4.78, 5) is 12.2. The van der Waals surface area contributed by atoms with Crippen molar-refractivity contribution >= 4 is 24.0 Å². The maximum atomic E-state index is 12.2. The molecule has 1 amide bonds. The van der Waals surface area contributed by atoms with E-state index in [1.54, 1.807) is 12.1 Å². The van der Waals surface area contributed by atoms with Crippen LogP contribution in [0.3, 0.4) is 0 Å². The fourth-order valence-corrected chi connectivity index (χ4v) is 2.59. The van der Waals surface area contributed by atoms with Crippen LogP contribution < -0.4 is 15.8 Å². The molecule has 1 atom stereocenters. The average molecular weight is 363 g/mol. The van der Waals surface area contributed by atoms with Crippen molar-refractivity contribution in [3.05, 3.63) is 59.7 Å². The van der Waals surface area contributed by atoms with Crippen LogP contribution in [-0.4, -0.2) is 25.2 Å². The number of halogens is 1. The zero-order valence-electron chi connectivity index (χ0n) is 13.9. The molecule has 1 fully saturated rings. The Morgan fingerprint density at radius 1 is 1.16 bits per heavy atom. The van der Waals surface area contributed by atoms with Gasteiger partial charge in [-0.2, -0.15) is 0 Å². The second-order valence-corrected chi connectivity index (χ2v) is 5.83. The van der Waals surface area contributed by atoms with E-state index < -0.39 is 0 Å². The Bertz CT molecular complexity index is 668. The van der Waals surface area contributed by atoms with E-state index in [9.17, 15) is 4.79 Å². The first-order valence-corrected chi connectivity index (χ1v) is 8.19. The molecule has 3 rings (SSSR count). The van der Waals surface area contributed by atoms with E-state index in [4.69, 9.17) is 15.2 Å². The van der Waals surface area contributed by atoms with Gasteiger partial charge in [-0.25, -0.2) is 0 Å². The molecule has 0 saturated carbocycles. The first-order valence-electron chi connectivity index (χ1n) is 8.19. The van der Waals surface area contributed by atoms with Crippen LogP contribution in [0.25, 0.3) is 0 Å². The quantitative estimate of drug-likeness (QED) is 0.826. The van der Waals surface area contributed by atoms with Gasteiger partial charge in [-0.3, -0.25) is 4.79 Å². The van der Waals surface area contributed by atoms with Crippen molar-refractivity contribution in [3.8, 4) is 5.75 Å². The molecule has 0 bridgehead atoms. The van der Waals surface area contributed by atoms with E-state index in [1.807, 2.05) is 36.4 Å². The minimum absolute atomic E-state index is 0. The molecule has 1 aliphatic rings. The molecule has 1 aliphatic heterocycles. The maximum Gasteiger partial charge on any atom is 0.255 e.